The molecule has 0 radical (unpaired) electrons. The monoisotopic (exact) mass is 302 g/mol. The number of amides is 1. The molecule has 3 nitrogen and oxygen atoms in total. The van der Waals surface area contributed by atoms with Gasteiger partial charge in [0, 0.05) is 15.8 Å². The number of rotatable bonds is 6. The molecule has 1 rings (SSSR count). The average Bonchev–Trinajstić information content (AvgIpc) is 2.28. The van der Waals surface area contributed by atoms with Crippen LogP contribution in [0, 0.1) is 0 Å². The summed E-state index contributed by atoms with van der Waals surface area (Å²) in [5.74, 6) is 5.92. The molecule has 0 saturated carbocycles. The fourth-order valence-corrected chi connectivity index (χ4v) is 2.73. The average molecular weight is 303 g/mol. The van der Waals surface area contributed by atoms with Crippen LogP contribution in [-0.2, 0) is 4.79 Å². The third kappa shape index (κ3) is 5.53. The van der Waals surface area contributed by atoms with Crippen LogP contribution in [0.25, 0.3) is 0 Å². The molecular formula is C11H15BrN2OS. The van der Waals surface area contributed by atoms with Crippen molar-refractivity contribution in [3.05, 3.63) is 28.7 Å². The van der Waals surface area contributed by atoms with Crippen LogP contribution < -0.4 is 11.3 Å². The van der Waals surface area contributed by atoms with Crippen molar-refractivity contribution in [1.82, 2.24) is 5.43 Å². The highest BCUT2D eigenvalue weighted by molar-refractivity contribution is 9.10. The number of hydrogen-bond donors (Lipinski definition) is 2. The SMILES string of the molecule is NNC(=O)CCCCSc1cccc(Br)c1. The van der Waals surface area contributed by atoms with Gasteiger partial charge in [0.1, 0.15) is 0 Å². The van der Waals surface area contributed by atoms with Gasteiger partial charge in [-0.25, -0.2) is 5.84 Å². The predicted molar refractivity (Wildman–Crippen MR) is 71.0 cm³/mol. The normalized spacial score (nSPS) is 10.1. The molecular weight excluding hydrogens is 288 g/mol. The second-order valence-electron chi connectivity index (χ2n) is 3.33. The minimum absolute atomic E-state index is 0.0903. The Morgan fingerprint density at radius 1 is 1.44 bits per heavy atom. The van der Waals surface area contributed by atoms with E-state index in [1.54, 1.807) is 11.8 Å². The Morgan fingerprint density at radius 3 is 2.94 bits per heavy atom. The molecule has 5 heteroatoms. The molecule has 0 atom stereocenters. The number of halogens is 1. The summed E-state index contributed by atoms with van der Waals surface area (Å²) in [6, 6.07) is 8.21. The number of nitrogens with two attached hydrogens (primary N) is 1. The lowest BCUT2D eigenvalue weighted by molar-refractivity contribution is -0.121. The van der Waals surface area contributed by atoms with Crippen LogP contribution in [-0.4, -0.2) is 11.7 Å². The maximum absolute atomic E-state index is 10.8. The molecule has 0 fully saturated rings. The van der Waals surface area contributed by atoms with Crippen LogP contribution in [0.15, 0.2) is 33.6 Å². The van der Waals surface area contributed by atoms with Gasteiger partial charge in [-0.05, 0) is 36.8 Å². The lowest BCUT2D eigenvalue weighted by Crippen LogP contribution is -2.29. The van der Waals surface area contributed by atoms with Crippen molar-refractivity contribution in [3.8, 4) is 0 Å². The molecule has 1 aromatic rings. The van der Waals surface area contributed by atoms with Crippen molar-refractivity contribution in [2.45, 2.75) is 24.2 Å². The van der Waals surface area contributed by atoms with Crippen LogP contribution in [0.5, 0.6) is 0 Å². The summed E-state index contributed by atoms with van der Waals surface area (Å²) in [5, 5.41) is 0. The summed E-state index contributed by atoms with van der Waals surface area (Å²) in [6.07, 6.45) is 2.41. The molecule has 1 aromatic carbocycles. The van der Waals surface area contributed by atoms with Gasteiger partial charge in [0.25, 0.3) is 0 Å². The molecule has 0 saturated heterocycles. The number of hydrazine groups is 1. The number of thioether (sulfide) groups is 1. The Kier molecular flexibility index (Phi) is 6.52. The van der Waals surface area contributed by atoms with Crippen LogP contribution >= 0.6 is 27.7 Å². The zero-order valence-electron chi connectivity index (χ0n) is 8.91. The molecule has 88 valence electrons. The van der Waals surface area contributed by atoms with Crippen molar-refractivity contribution in [2.75, 3.05) is 5.75 Å². The van der Waals surface area contributed by atoms with E-state index in [1.807, 2.05) is 12.1 Å². The molecule has 0 bridgehead atoms. The van der Waals surface area contributed by atoms with E-state index in [9.17, 15) is 4.79 Å². The van der Waals surface area contributed by atoms with E-state index < -0.39 is 0 Å². The van der Waals surface area contributed by atoms with Crippen molar-refractivity contribution >= 4 is 33.6 Å². The zero-order valence-corrected chi connectivity index (χ0v) is 11.3. The Balaban J connectivity index is 2.14. The minimum Gasteiger partial charge on any atom is -0.294 e. The first kappa shape index (κ1) is 13.5. The van der Waals surface area contributed by atoms with E-state index in [0.29, 0.717) is 6.42 Å². The first-order valence-corrected chi connectivity index (χ1v) is 6.88. The van der Waals surface area contributed by atoms with Crippen molar-refractivity contribution in [2.24, 2.45) is 5.84 Å². The molecule has 0 aromatic heterocycles. The van der Waals surface area contributed by atoms with Crippen LogP contribution in [0.4, 0.5) is 0 Å². The van der Waals surface area contributed by atoms with Gasteiger partial charge in [-0.2, -0.15) is 0 Å². The Hall–Kier alpha value is -0.520. The van der Waals surface area contributed by atoms with E-state index >= 15 is 0 Å². The van der Waals surface area contributed by atoms with E-state index in [2.05, 4.69) is 33.5 Å². The smallest absolute Gasteiger partial charge is 0.233 e. The third-order valence-electron chi connectivity index (χ3n) is 2.02. The quantitative estimate of drug-likeness (QED) is 0.279. The van der Waals surface area contributed by atoms with Crippen LogP contribution in [0.1, 0.15) is 19.3 Å². The molecule has 3 N–H and O–H groups in total. The molecule has 0 spiro atoms. The second kappa shape index (κ2) is 7.70. The standard InChI is InChI=1S/C11H15BrN2OS/c12-9-4-3-5-10(8-9)16-7-2-1-6-11(15)14-13/h3-5,8H,1-2,6-7,13H2,(H,14,15). The topological polar surface area (TPSA) is 55.1 Å². The molecule has 1 amide bonds. The van der Waals surface area contributed by atoms with Crippen molar-refractivity contribution < 1.29 is 4.79 Å². The van der Waals surface area contributed by atoms with E-state index in [0.717, 1.165) is 23.1 Å². The maximum Gasteiger partial charge on any atom is 0.233 e. The number of nitrogens with one attached hydrogen (secondary N) is 1. The van der Waals surface area contributed by atoms with E-state index in [-0.39, 0.29) is 5.91 Å². The molecule has 0 aliphatic heterocycles. The van der Waals surface area contributed by atoms with Gasteiger partial charge in [0.05, 0.1) is 0 Å². The number of benzene rings is 1. The van der Waals surface area contributed by atoms with E-state index in [1.165, 1.54) is 4.90 Å². The lowest BCUT2D eigenvalue weighted by Gasteiger charge is -2.02. The highest BCUT2D eigenvalue weighted by Gasteiger charge is 1.99. The summed E-state index contributed by atoms with van der Waals surface area (Å²) >= 11 is 5.23. The second-order valence-corrected chi connectivity index (χ2v) is 5.41. The van der Waals surface area contributed by atoms with Gasteiger partial charge in [-0.3, -0.25) is 10.2 Å². The van der Waals surface area contributed by atoms with Crippen molar-refractivity contribution in [3.63, 3.8) is 0 Å². The zero-order chi connectivity index (χ0) is 11.8. The number of unbranched alkanes of at least 4 members (excludes halogenated alkanes) is 1. The molecule has 16 heavy (non-hydrogen) atoms. The number of carbonyl (C=O) groups excluding carboxylic acids is 1. The maximum atomic E-state index is 10.8. The molecule has 0 heterocycles. The van der Waals surface area contributed by atoms with Crippen molar-refractivity contribution in [1.29, 1.82) is 0 Å². The summed E-state index contributed by atoms with van der Waals surface area (Å²) in [5.41, 5.74) is 2.13. The summed E-state index contributed by atoms with van der Waals surface area (Å²) in [6.45, 7) is 0. The minimum atomic E-state index is -0.0903. The van der Waals surface area contributed by atoms with Gasteiger partial charge >= 0.3 is 0 Å². The first-order valence-electron chi connectivity index (χ1n) is 5.10. The Morgan fingerprint density at radius 2 is 2.25 bits per heavy atom. The summed E-state index contributed by atoms with van der Waals surface area (Å²) in [4.78, 5) is 12.1. The van der Waals surface area contributed by atoms with Gasteiger partial charge in [0.15, 0.2) is 0 Å². The number of carbonyl (C=O) groups is 1. The van der Waals surface area contributed by atoms with E-state index in [4.69, 9.17) is 5.84 Å². The first-order chi connectivity index (χ1) is 7.72. The fourth-order valence-electron chi connectivity index (χ4n) is 1.21. The lowest BCUT2D eigenvalue weighted by atomic mass is 10.2. The molecule has 0 aliphatic rings. The largest absolute Gasteiger partial charge is 0.294 e. The molecule has 0 unspecified atom stereocenters. The van der Waals surface area contributed by atoms with Gasteiger partial charge in [0.2, 0.25) is 5.91 Å². The number of hydrogen-bond acceptors (Lipinski definition) is 3. The highest BCUT2D eigenvalue weighted by atomic mass is 79.9. The predicted octanol–water partition coefficient (Wildman–Crippen LogP) is 2.70. The fraction of sp³-hybridized carbons (Fsp3) is 0.364. The summed E-state index contributed by atoms with van der Waals surface area (Å²) < 4.78 is 1.10. The van der Waals surface area contributed by atoms with Gasteiger partial charge in [-0.1, -0.05) is 22.0 Å². The van der Waals surface area contributed by atoms with Gasteiger partial charge < -0.3 is 0 Å². The Labute approximate surface area is 108 Å². The highest BCUT2D eigenvalue weighted by Crippen LogP contribution is 2.22. The molecule has 0 aliphatic carbocycles. The van der Waals surface area contributed by atoms with Gasteiger partial charge in [-0.15, -0.1) is 11.8 Å². The van der Waals surface area contributed by atoms with Crippen LogP contribution in [0.2, 0.25) is 0 Å². The Bertz CT molecular complexity index is 347. The summed E-state index contributed by atoms with van der Waals surface area (Å²) in [7, 11) is 0. The third-order valence-corrected chi connectivity index (χ3v) is 3.60. The van der Waals surface area contributed by atoms with Crippen LogP contribution in [0.3, 0.4) is 0 Å².